The van der Waals surface area contributed by atoms with E-state index in [1.165, 1.54) is 42.5 Å². The Morgan fingerprint density at radius 3 is 2.18 bits per heavy atom. The smallest absolute Gasteiger partial charge is 0.339 e. The van der Waals surface area contributed by atoms with Crippen LogP contribution in [0.5, 0.6) is 5.75 Å². The molecule has 34 heavy (non-hydrogen) atoms. The highest BCUT2D eigenvalue weighted by atomic mass is 79.9. The molecule has 1 aliphatic rings. The topological polar surface area (TPSA) is 110 Å². The van der Waals surface area contributed by atoms with Gasteiger partial charge in [0.05, 0.1) is 5.69 Å². The number of barbiturate groups is 1. The van der Waals surface area contributed by atoms with Gasteiger partial charge in [-0.1, -0.05) is 50.1 Å². The van der Waals surface area contributed by atoms with E-state index in [1.54, 1.807) is 36.4 Å². The first-order chi connectivity index (χ1) is 16.2. The zero-order valence-electron chi connectivity index (χ0n) is 17.1. The lowest BCUT2D eigenvalue weighted by Gasteiger charge is -2.26. The highest BCUT2D eigenvalue weighted by molar-refractivity contribution is 9.10. The minimum absolute atomic E-state index is 0.0602. The van der Waals surface area contributed by atoms with Crippen molar-refractivity contribution in [2.75, 3.05) is 4.90 Å². The molecule has 3 aromatic carbocycles. The standard InChI is InChI=1S/C23H14Br2N2O6S/c24-15-6-9-17(10-7-15)27-22(29)19(21(28)26-23(27)30)13-14-12-16(25)8-11-20(14)33-34(31,32)18-4-2-1-3-5-18/h1-13H,(H,26,28,30)/b19-13+. The molecule has 0 saturated carbocycles. The summed E-state index contributed by atoms with van der Waals surface area (Å²) in [5.74, 6) is -1.89. The van der Waals surface area contributed by atoms with Crippen LogP contribution in [0.4, 0.5) is 10.5 Å². The summed E-state index contributed by atoms with van der Waals surface area (Å²) in [4.78, 5) is 38.8. The molecule has 1 fully saturated rings. The van der Waals surface area contributed by atoms with Crippen LogP contribution in [-0.2, 0) is 19.7 Å². The van der Waals surface area contributed by atoms with Crippen LogP contribution in [0.1, 0.15) is 5.56 Å². The number of carbonyl (C=O) groups is 3. The Kier molecular flexibility index (Phi) is 6.69. The summed E-state index contributed by atoms with van der Waals surface area (Å²) < 4.78 is 32.0. The first-order valence-corrected chi connectivity index (χ1v) is 12.6. The predicted octanol–water partition coefficient (Wildman–Crippen LogP) is 4.65. The van der Waals surface area contributed by atoms with Crippen molar-refractivity contribution in [1.82, 2.24) is 5.32 Å². The van der Waals surface area contributed by atoms with E-state index in [4.69, 9.17) is 4.18 Å². The van der Waals surface area contributed by atoms with Crippen molar-refractivity contribution in [3.05, 3.63) is 92.9 Å². The maximum atomic E-state index is 13.1. The van der Waals surface area contributed by atoms with Crippen LogP contribution in [-0.4, -0.2) is 26.3 Å². The van der Waals surface area contributed by atoms with Crippen LogP contribution in [0.15, 0.2) is 92.2 Å². The molecule has 1 aliphatic heterocycles. The van der Waals surface area contributed by atoms with Gasteiger partial charge in [-0.3, -0.25) is 14.9 Å². The lowest BCUT2D eigenvalue weighted by atomic mass is 10.1. The van der Waals surface area contributed by atoms with Crippen LogP contribution in [0.25, 0.3) is 6.08 Å². The number of benzene rings is 3. The number of rotatable bonds is 5. The summed E-state index contributed by atoms with van der Waals surface area (Å²) in [6.45, 7) is 0. The number of halogens is 2. The normalized spacial score (nSPS) is 15.4. The number of hydrogen-bond donors (Lipinski definition) is 1. The first-order valence-electron chi connectivity index (χ1n) is 9.62. The van der Waals surface area contributed by atoms with E-state index < -0.39 is 28.0 Å². The predicted molar refractivity (Wildman–Crippen MR) is 132 cm³/mol. The monoisotopic (exact) mass is 604 g/mol. The van der Waals surface area contributed by atoms with Gasteiger partial charge in [-0.15, -0.1) is 0 Å². The van der Waals surface area contributed by atoms with Crippen LogP contribution >= 0.6 is 31.9 Å². The largest absolute Gasteiger partial charge is 0.378 e. The summed E-state index contributed by atoms with van der Waals surface area (Å²) in [5.41, 5.74) is 0.0153. The van der Waals surface area contributed by atoms with E-state index in [-0.39, 0.29) is 27.5 Å². The molecular weight excluding hydrogens is 592 g/mol. The second kappa shape index (κ2) is 9.53. The van der Waals surface area contributed by atoms with E-state index in [1.807, 2.05) is 0 Å². The molecule has 4 amide bonds. The van der Waals surface area contributed by atoms with Gasteiger partial charge in [-0.05, 0) is 60.7 Å². The molecule has 3 aromatic rings. The van der Waals surface area contributed by atoms with Gasteiger partial charge in [0.2, 0.25) is 0 Å². The van der Waals surface area contributed by atoms with E-state index in [0.717, 1.165) is 9.37 Å². The maximum Gasteiger partial charge on any atom is 0.339 e. The number of anilines is 1. The Bertz CT molecular complexity index is 1440. The third-order valence-electron chi connectivity index (χ3n) is 4.69. The van der Waals surface area contributed by atoms with Crippen LogP contribution in [0, 0.1) is 0 Å². The molecule has 172 valence electrons. The van der Waals surface area contributed by atoms with E-state index in [2.05, 4.69) is 37.2 Å². The van der Waals surface area contributed by atoms with Gasteiger partial charge in [0.25, 0.3) is 11.8 Å². The van der Waals surface area contributed by atoms with Crippen molar-refractivity contribution >= 4 is 71.6 Å². The number of hydrogen-bond acceptors (Lipinski definition) is 6. The average Bonchev–Trinajstić information content (AvgIpc) is 2.80. The molecule has 0 radical (unpaired) electrons. The molecule has 1 N–H and O–H groups in total. The van der Waals surface area contributed by atoms with Crippen LogP contribution in [0.3, 0.4) is 0 Å². The molecule has 0 bridgehead atoms. The van der Waals surface area contributed by atoms with Crippen LogP contribution in [0.2, 0.25) is 0 Å². The van der Waals surface area contributed by atoms with E-state index >= 15 is 0 Å². The third kappa shape index (κ3) is 4.96. The highest BCUT2D eigenvalue weighted by Crippen LogP contribution is 2.30. The second-order valence-electron chi connectivity index (χ2n) is 6.97. The number of carbonyl (C=O) groups excluding carboxylic acids is 3. The molecule has 0 spiro atoms. The summed E-state index contributed by atoms with van der Waals surface area (Å²) in [6, 6.07) is 17.4. The highest BCUT2D eigenvalue weighted by Gasteiger charge is 2.37. The quantitative estimate of drug-likeness (QED) is 0.258. The van der Waals surface area contributed by atoms with Crippen molar-refractivity contribution in [3.63, 3.8) is 0 Å². The second-order valence-corrected chi connectivity index (χ2v) is 10.3. The van der Waals surface area contributed by atoms with Crippen molar-refractivity contribution in [2.24, 2.45) is 0 Å². The summed E-state index contributed by atoms with van der Waals surface area (Å²) >= 11 is 6.58. The number of nitrogens with one attached hydrogen (secondary N) is 1. The zero-order chi connectivity index (χ0) is 24.5. The average molecular weight is 606 g/mol. The van der Waals surface area contributed by atoms with Gasteiger partial charge in [0.15, 0.2) is 0 Å². The maximum absolute atomic E-state index is 13.1. The van der Waals surface area contributed by atoms with Gasteiger partial charge in [-0.2, -0.15) is 8.42 Å². The molecule has 0 aliphatic carbocycles. The number of nitrogens with zero attached hydrogens (tertiary/aromatic N) is 1. The SMILES string of the molecule is O=C1NC(=O)N(c2ccc(Br)cc2)C(=O)/C1=C/c1cc(Br)ccc1OS(=O)(=O)c1ccccc1. The molecule has 1 heterocycles. The van der Waals surface area contributed by atoms with Crippen molar-refractivity contribution in [1.29, 1.82) is 0 Å². The molecule has 0 aromatic heterocycles. The number of imide groups is 2. The Morgan fingerprint density at radius 2 is 1.50 bits per heavy atom. The lowest BCUT2D eigenvalue weighted by molar-refractivity contribution is -0.122. The summed E-state index contributed by atoms with van der Waals surface area (Å²) in [6.07, 6.45) is 1.18. The number of amides is 4. The molecule has 0 atom stereocenters. The van der Waals surface area contributed by atoms with Crippen molar-refractivity contribution in [3.8, 4) is 5.75 Å². The van der Waals surface area contributed by atoms with Crippen molar-refractivity contribution < 1.29 is 27.0 Å². The summed E-state index contributed by atoms with van der Waals surface area (Å²) in [5, 5.41) is 2.13. The van der Waals surface area contributed by atoms with Gasteiger partial charge >= 0.3 is 16.1 Å². The fourth-order valence-electron chi connectivity index (χ4n) is 3.10. The van der Waals surface area contributed by atoms with E-state index in [0.29, 0.717) is 4.47 Å². The lowest BCUT2D eigenvalue weighted by Crippen LogP contribution is -2.54. The minimum Gasteiger partial charge on any atom is -0.378 e. The van der Waals surface area contributed by atoms with Gasteiger partial charge in [0.1, 0.15) is 16.2 Å². The summed E-state index contributed by atoms with van der Waals surface area (Å²) in [7, 11) is -4.18. The molecule has 1 saturated heterocycles. The first kappa shape index (κ1) is 23.9. The Balaban J connectivity index is 1.75. The van der Waals surface area contributed by atoms with Gasteiger partial charge in [0, 0.05) is 14.5 Å². The Labute approximate surface area is 211 Å². The van der Waals surface area contributed by atoms with Gasteiger partial charge in [-0.25, -0.2) is 9.69 Å². The Hall–Kier alpha value is -3.28. The van der Waals surface area contributed by atoms with Crippen molar-refractivity contribution in [2.45, 2.75) is 4.90 Å². The molecule has 11 heteroatoms. The Morgan fingerprint density at radius 1 is 0.853 bits per heavy atom. The molecule has 4 rings (SSSR count). The minimum atomic E-state index is -4.18. The fourth-order valence-corrected chi connectivity index (χ4v) is 4.72. The number of urea groups is 1. The van der Waals surface area contributed by atoms with Crippen LogP contribution < -0.4 is 14.4 Å². The van der Waals surface area contributed by atoms with E-state index in [9.17, 15) is 22.8 Å². The van der Waals surface area contributed by atoms with Gasteiger partial charge < -0.3 is 4.18 Å². The molecule has 8 nitrogen and oxygen atoms in total. The molecular formula is C23H14Br2N2O6S. The zero-order valence-corrected chi connectivity index (χ0v) is 21.1. The molecule has 0 unspecified atom stereocenters. The third-order valence-corrected chi connectivity index (χ3v) is 6.96. The fraction of sp³-hybridized carbons (Fsp3) is 0.